The number of nitrogens with two attached hydrogens (primary N) is 1. The first-order valence-electron chi connectivity index (χ1n) is 5.22. The van der Waals surface area contributed by atoms with Crippen LogP contribution in [0.5, 0.6) is 0 Å². The molecule has 0 unspecified atom stereocenters. The molecule has 92 valence electrons. The van der Waals surface area contributed by atoms with Gasteiger partial charge in [-0.1, -0.05) is 6.08 Å². The van der Waals surface area contributed by atoms with Crippen LogP contribution < -0.4 is 5.73 Å². The molecule has 1 fully saturated rings. The number of esters is 1. The summed E-state index contributed by atoms with van der Waals surface area (Å²) in [6.07, 6.45) is 2.73. The molecule has 2 N–H and O–H groups in total. The second kappa shape index (κ2) is 4.58. The molecule has 0 bridgehead atoms. The number of carbonyl (C=O) groups excluding carboxylic acids is 2. The van der Waals surface area contributed by atoms with E-state index in [1.54, 1.807) is 12.2 Å². The fourth-order valence-electron chi connectivity index (χ4n) is 1.69. The molecule has 1 saturated heterocycles. The van der Waals surface area contributed by atoms with Crippen molar-refractivity contribution in [3.8, 4) is 0 Å². The number of hydrogen-bond acceptors (Lipinski definition) is 5. The Kier molecular flexibility index (Phi) is 3.14. The Morgan fingerprint density at radius 1 is 1.53 bits per heavy atom. The third kappa shape index (κ3) is 2.65. The number of fused-ring (bicyclic) bond motifs is 1. The van der Waals surface area contributed by atoms with Crippen molar-refractivity contribution >= 4 is 11.9 Å². The molecule has 0 spiro atoms. The molecule has 0 aromatic heterocycles. The molecule has 2 atom stereocenters. The maximum absolute atomic E-state index is 11.0. The zero-order chi connectivity index (χ0) is 12.4. The van der Waals surface area contributed by atoms with Crippen molar-refractivity contribution in [2.75, 3.05) is 6.61 Å². The van der Waals surface area contributed by atoms with Crippen molar-refractivity contribution in [1.82, 2.24) is 0 Å². The van der Waals surface area contributed by atoms with Gasteiger partial charge >= 0.3 is 5.97 Å². The number of rotatable bonds is 3. The van der Waals surface area contributed by atoms with Gasteiger partial charge in [-0.15, -0.1) is 0 Å². The average molecular weight is 239 g/mol. The molecule has 17 heavy (non-hydrogen) atoms. The summed E-state index contributed by atoms with van der Waals surface area (Å²) in [5.41, 5.74) is 5.68. The zero-order valence-corrected chi connectivity index (χ0v) is 9.34. The average Bonchev–Trinajstić information content (AvgIpc) is 2.67. The van der Waals surface area contributed by atoms with E-state index >= 15 is 0 Å². The summed E-state index contributed by atoms with van der Waals surface area (Å²) in [4.78, 5) is 21.6. The summed E-state index contributed by atoms with van der Waals surface area (Å²) in [6.45, 7) is 1.35. The van der Waals surface area contributed by atoms with E-state index in [0.29, 0.717) is 17.8 Å². The number of primary amides is 1. The van der Waals surface area contributed by atoms with Crippen molar-refractivity contribution in [1.29, 1.82) is 0 Å². The maximum atomic E-state index is 11.0. The quantitative estimate of drug-likeness (QED) is 0.700. The van der Waals surface area contributed by atoms with Crippen LogP contribution in [0.3, 0.4) is 0 Å². The SMILES string of the molecule is CC(=O)OC[C@@H]1OC2=CC=C(C(N)=O)C[C@H]2O1. The molecular weight excluding hydrogens is 226 g/mol. The predicted octanol–water partition coefficient (Wildman–Crippen LogP) is -0.00970. The normalized spacial score (nSPS) is 26.4. The van der Waals surface area contributed by atoms with E-state index in [1.165, 1.54) is 6.92 Å². The van der Waals surface area contributed by atoms with Gasteiger partial charge in [0.15, 0.2) is 6.61 Å². The molecule has 0 radical (unpaired) electrons. The fourth-order valence-corrected chi connectivity index (χ4v) is 1.69. The lowest BCUT2D eigenvalue weighted by molar-refractivity contribution is -0.154. The van der Waals surface area contributed by atoms with Crippen LogP contribution in [0.1, 0.15) is 13.3 Å². The predicted molar refractivity (Wildman–Crippen MR) is 56.4 cm³/mol. The number of allylic oxidation sites excluding steroid dienone is 2. The summed E-state index contributed by atoms with van der Waals surface area (Å²) < 4.78 is 15.7. The lowest BCUT2D eigenvalue weighted by Gasteiger charge is -2.13. The zero-order valence-electron chi connectivity index (χ0n) is 9.34. The highest BCUT2D eigenvalue weighted by Gasteiger charge is 2.35. The molecule has 6 nitrogen and oxygen atoms in total. The van der Waals surface area contributed by atoms with Gasteiger partial charge in [0.25, 0.3) is 0 Å². The van der Waals surface area contributed by atoms with Crippen molar-refractivity contribution in [3.63, 3.8) is 0 Å². The molecule has 0 aromatic rings. The Bertz CT molecular complexity index is 412. The van der Waals surface area contributed by atoms with Crippen LogP contribution in [0.4, 0.5) is 0 Å². The smallest absolute Gasteiger partial charge is 0.302 e. The van der Waals surface area contributed by atoms with Gasteiger partial charge in [0, 0.05) is 18.9 Å². The molecule has 6 heteroatoms. The summed E-state index contributed by atoms with van der Waals surface area (Å²) in [5.74, 6) is -0.225. The molecule has 1 amide bonds. The van der Waals surface area contributed by atoms with Gasteiger partial charge in [-0.25, -0.2) is 0 Å². The topological polar surface area (TPSA) is 87.9 Å². The van der Waals surface area contributed by atoms with Crippen LogP contribution in [0.25, 0.3) is 0 Å². The van der Waals surface area contributed by atoms with E-state index < -0.39 is 18.2 Å². The van der Waals surface area contributed by atoms with Gasteiger partial charge in [-0.3, -0.25) is 9.59 Å². The van der Waals surface area contributed by atoms with Crippen LogP contribution in [-0.4, -0.2) is 30.9 Å². The Balaban J connectivity index is 1.93. The van der Waals surface area contributed by atoms with Crippen molar-refractivity contribution < 1.29 is 23.8 Å². The Hall–Kier alpha value is -1.82. The van der Waals surface area contributed by atoms with Gasteiger partial charge in [0.1, 0.15) is 11.9 Å². The number of hydrogen-bond donors (Lipinski definition) is 1. The minimum absolute atomic E-state index is 0.0368. The minimum Gasteiger partial charge on any atom is -0.463 e. The van der Waals surface area contributed by atoms with Crippen molar-refractivity contribution in [3.05, 3.63) is 23.5 Å². The molecule has 1 heterocycles. The van der Waals surface area contributed by atoms with Gasteiger partial charge < -0.3 is 19.9 Å². The van der Waals surface area contributed by atoms with E-state index in [1.807, 2.05) is 0 Å². The summed E-state index contributed by atoms with van der Waals surface area (Å²) in [7, 11) is 0. The second-order valence-corrected chi connectivity index (χ2v) is 3.80. The van der Waals surface area contributed by atoms with E-state index in [0.717, 1.165) is 0 Å². The fraction of sp³-hybridized carbons (Fsp3) is 0.455. The first kappa shape index (κ1) is 11.7. The van der Waals surface area contributed by atoms with E-state index in [-0.39, 0.29) is 12.7 Å². The Labute approximate surface area is 98.0 Å². The van der Waals surface area contributed by atoms with Gasteiger partial charge in [0.05, 0.1) is 0 Å². The van der Waals surface area contributed by atoms with Crippen LogP contribution in [0.2, 0.25) is 0 Å². The number of carbonyl (C=O) groups is 2. The minimum atomic E-state index is -0.615. The second-order valence-electron chi connectivity index (χ2n) is 3.80. The summed E-state index contributed by atoms with van der Waals surface area (Å²) in [5, 5.41) is 0. The monoisotopic (exact) mass is 239 g/mol. The van der Waals surface area contributed by atoms with Gasteiger partial charge in [-0.05, 0) is 6.08 Å². The van der Waals surface area contributed by atoms with Crippen LogP contribution in [-0.2, 0) is 23.8 Å². The lowest BCUT2D eigenvalue weighted by atomic mass is 10.0. The molecule has 2 aliphatic rings. The highest BCUT2D eigenvalue weighted by molar-refractivity contribution is 5.92. The van der Waals surface area contributed by atoms with E-state index in [2.05, 4.69) is 0 Å². The lowest BCUT2D eigenvalue weighted by Crippen LogP contribution is -2.23. The maximum Gasteiger partial charge on any atom is 0.302 e. The van der Waals surface area contributed by atoms with Crippen molar-refractivity contribution in [2.45, 2.75) is 25.7 Å². The Morgan fingerprint density at radius 3 is 2.94 bits per heavy atom. The van der Waals surface area contributed by atoms with Gasteiger partial charge in [0.2, 0.25) is 12.2 Å². The molecule has 0 aromatic carbocycles. The number of amides is 1. The largest absolute Gasteiger partial charge is 0.463 e. The Morgan fingerprint density at radius 2 is 2.29 bits per heavy atom. The van der Waals surface area contributed by atoms with Crippen LogP contribution in [0, 0.1) is 0 Å². The molecule has 2 rings (SSSR count). The first-order chi connectivity index (χ1) is 8.06. The third-order valence-electron chi connectivity index (χ3n) is 2.49. The van der Waals surface area contributed by atoms with Crippen LogP contribution in [0.15, 0.2) is 23.5 Å². The third-order valence-corrected chi connectivity index (χ3v) is 2.49. The highest BCUT2D eigenvalue weighted by atomic mass is 16.7. The van der Waals surface area contributed by atoms with Crippen LogP contribution >= 0.6 is 0 Å². The molecule has 1 aliphatic carbocycles. The summed E-state index contributed by atoms with van der Waals surface area (Å²) in [6, 6.07) is 0. The van der Waals surface area contributed by atoms with Crippen molar-refractivity contribution in [2.24, 2.45) is 5.73 Å². The first-order valence-corrected chi connectivity index (χ1v) is 5.22. The summed E-state index contributed by atoms with van der Waals surface area (Å²) >= 11 is 0. The molecule has 1 aliphatic heterocycles. The van der Waals surface area contributed by atoms with E-state index in [4.69, 9.17) is 19.9 Å². The van der Waals surface area contributed by atoms with Gasteiger partial charge in [-0.2, -0.15) is 0 Å². The number of ether oxygens (including phenoxy) is 3. The molecular formula is C11H13NO5. The molecule has 0 saturated carbocycles. The highest BCUT2D eigenvalue weighted by Crippen LogP contribution is 2.30. The van der Waals surface area contributed by atoms with E-state index in [9.17, 15) is 9.59 Å². The standard InChI is InChI=1S/C11H13NO5/c1-6(13)15-5-10-16-8-3-2-7(11(12)14)4-9(8)17-10/h2-3,9-10H,4-5H2,1H3,(H2,12,14)/t9-,10-/m1/s1.